The Bertz CT molecular complexity index is 413. The first-order chi connectivity index (χ1) is 9.63. The molecule has 1 saturated heterocycles. The van der Waals surface area contributed by atoms with Crippen molar-refractivity contribution in [3.63, 3.8) is 0 Å². The smallest absolute Gasteiger partial charge is 0.243 e. The molecule has 20 heavy (non-hydrogen) atoms. The second kappa shape index (κ2) is 6.25. The summed E-state index contributed by atoms with van der Waals surface area (Å²) in [6.45, 7) is 1.20. The van der Waals surface area contributed by atoms with Crippen LogP contribution in [0.5, 0.6) is 0 Å². The molecule has 2 rings (SSSR count). The molecule has 1 saturated carbocycles. The minimum atomic E-state index is -0.794. The Hall–Kier alpha value is -1.57. The first-order valence-corrected chi connectivity index (χ1v) is 7.55. The standard InChI is InChI=1S/C15H23N3O2/c1-17-13(19)12-5-9-18(10-6-12)14(20)15(11-16)7-3-2-4-8-15/h12H,2-10H2,1H3,(H,17,19). The third-order valence-corrected chi connectivity index (χ3v) is 4.73. The van der Waals surface area contributed by atoms with Gasteiger partial charge in [-0.25, -0.2) is 0 Å². The van der Waals surface area contributed by atoms with Crippen LogP contribution in [-0.4, -0.2) is 36.9 Å². The van der Waals surface area contributed by atoms with Crippen LogP contribution in [0.25, 0.3) is 0 Å². The number of carbonyl (C=O) groups is 2. The summed E-state index contributed by atoms with van der Waals surface area (Å²) in [5.74, 6) is 0.0632. The normalized spacial score (nSPS) is 22.9. The van der Waals surface area contributed by atoms with Crippen molar-refractivity contribution in [1.29, 1.82) is 5.26 Å². The van der Waals surface area contributed by atoms with Gasteiger partial charge in [0.1, 0.15) is 5.41 Å². The summed E-state index contributed by atoms with van der Waals surface area (Å²) < 4.78 is 0. The van der Waals surface area contributed by atoms with Crippen LogP contribution in [0.1, 0.15) is 44.9 Å². The van der Waals surface area contributed by atoms with E-state index in [-0.39, 0.29) is 17.7 Å². The first-order valence-electron chi connectivity index (χ1n) is 7.55. The first kappa shape index (κ1) is 14.8. The third-order valence-electron chi connectivity index (χ3n) is 4.73. The van der Waals surface area contributed by atoms with E-state index in [1.54, 1.807) is 11.9 Å². The van der Waals surface area contributed by atoms with Crippen molar-refractivity contribution in [1.82, 2.24) is 10.2 Å². The van der Waals surface area contributed by atoms with Gasteiger partial charge in [-0.15, -0.1) is 0 Å². The maximum Gasteiger partial charge on any atom is 0.243 e. The van der Waals surface area contributed by atoms with Gasteiger partial charge in [-0.1, -0.05) is 19.3 Å². The average Bonchev–Trinajstić information content (AvgIpc) is 2.54. The van der Waals surface area contributed by atoms with Crippen molar-refractivity contribution >= 4 is 11.8 Å². The maximum absolute atomic E-state index is 12.7. The molecule has 0 aromatic heterocycles. The van der Waals surface area contributed by atoms with Gasteiger partial charge in [0.25, 0.3) is 0 Å². The molecule has 1 aliphatic heterocycles. The average molecular weight is 277 g/mol. The molecule has 0 aromatic rings. The van der Waals surface area contributed by atoms with E-state index in [4.69, 9.17) is 0 Å². The molecule has 0 spiro atoms. The lowest BCUT2D eigenvalue weighted by molar-refractivity contribution is -0.143. The van der Waals surface area contributed by atoms with Crippen molar-refractivity contribution in [3.8, 4) is 6.07 Å². The van der Waals surface area contributed by atoms with Gasteiger partial charge in [-0.2, -0.15) is 5.26 Å². The molecule has 0 unspecified atom stereocenters. The molecule has 1 heterocycles. The van der Waals surface area contributed by atoms with E-state index in [1.165, 1.54) is 0 Å². The lowest BCUT2D eigenvalue weighted by atomic mass is 9.74. The highest BCUT2D eigenvalue weighted by molar-refractivity contribution is 5.86. The predicted molar refractivity (Wildman–Crippen MR) is 74.5 cm³/mol. The Morgan fingerprint density at radius 2 is 1.80 bits per heavy atom. The summed E-state index contributed by atoms with van der Waals surface area (Å²) >= 11 is 0. The summed E-state index contributed by atoms with van der Waals surface area (Å²) in [6, 6.07) is 2.29. The zero-order chi connectivity index (χ0) is 14.6. The highest BCUT2D eigenvalue weighted by Crippen LogP contribution is 2.38. The van der Waals surface area contributed by atoms with Gasteiger partial charge in [0, 0.05) is 26.1 Å². The summed E-state index contributed by atoms with van der Waals surface area (Å²) in [4.78, 5) is 26.1. The van der Waals surface area contributed by atoms with Crippen LogP contribution in [-0.2, 0) is 9.59 Å². The van der Waals surface area contributed by atoms with Crippen molar-refractivity contribution in [2.75, 3.05) is 20.1 Å². The molecule has 0 atom stereocenters. The Labute approximate surface area is 120 Å². The zero-order valence-electron chi connectivity index (χ0n) is 12.2. The molecular formula is C15H23N3O2. The number of hydrogen-bond donors (Lipinski definition) is 1. The van der Waals surface area contributed by atoms with E-state index >= 15 is 0 Å². The SMILES string of the molecule is CNC(=O)C1CCN(C(=O)C2(C#N)CCCCC2)CC1. The number of nitrogens with zero attached hydrogens (tertiary/aromatic N) is 2. The molecule has 1 N–H and O–H groups in total. The molecule has 0 bridgehead atoms. The van der Waals surface area contributed by atoms with E-state index in [1.807, 2.05) is 0 Å². The number of carbonyl (C=O) groups excluding carboxylic acids is 2. The third kappa shape index (κ3) is 2.79. The molecule has 2 amide bonds. The van der Waals surface area contributed by atoms with E-state index in [0.29, 0.717) is 38.8 Å². The summed E-state index contributed by atoms with van der Waals surface area (Å²) in [5, 5.41) is 12.1. The Morgan fingerprint density at radius 3 is 2.30 bits per heavy atom. The number of nitrogens with one attached hydrogen (secondary N) is 1. The fraction of sp³-hybridized carbons (Fsp3) is 0.800. The van der Waals surface area contributed by atoms with Crippen LogP contribution in [0, 0.1) is 22.7 Å². The molecule has 2 aliphatic rings. The maximum atomic E-state index is 12.7. The van der Waals surface area contributed by atoms with E-state index in [0.717, 1.165) is 19.3 Å². The van der Waals surface area contributed by atoms with Gasteiger partial charge >= 0.3 is 0 Å². The fourth-order valence-electron chi connectivity index (χ4n) is 3.38. The Kier molecular flexibility index (Phi) is 4.64. The van der Waals surface area contributed by atoms with Crippen LogP contribution in [0.3, 0.4) is 0 Å². The van der Waals surface area contributed by atoms with Crippen LogP contribution < -0.4 is 5.32 Å². The molecule has 0 aromatic carbocycles. The minimum absolute atomic E-state index is 0.00458. The Balaban J connectivity index is 1.97. The van der Waals surface area contributed by atoms with Crippen LogP contribution in [0.4, 0.5) is 0 Å². The highest BCUT2D eigenvalue weighted by Gasteiger charge is 2.43. The molecule has 0 radical (unpaired) electrons. The lowest BCUT2D eigenvalue weighted by Crippen LogP contribution is -2.49. The number of amides is 2. The van der Waals surface area contributed by atoms with E-state index < -0.39 is 5.41 Å². The monoisotopic (exact) mass is 277 g/mol. The Morgan fingerprint density at radius 1 is 1.20 bits per heavy atom. The number of likely N-dealkylation sites (tertiary alicyclic amines) is 1. The highest BCUT2D eigenvalue weighted by atomic mass is 16.2. The van der Waals surface area contributed by atoms with Crippen LogP contribution in [0.2, 0.25) is 0 Å². The van der Waals surface area contributed by atoms with Gasteiger partial charge in [-0.3, -0.25) is 9.59 Å². The number of rotatable bonds is 2. The number of nitriles is 1. The van der Waals surface area contributed by atoms with E-state index in [9.17, 15) is 14.9 Å². The molecule has 1 aliphatic carbocycles. The zero-order valence-corrected chi connectivity index (χ0v) is 12.2. The lowest BCUT2D eigenvalue weighted by Gasteiger charge is -2.38. The van der Waals surface area contributed by atoms with Crippen LogP contribution >= 0.6 is 0 Å². The molecule has 110 valence electrons. The van der Waals surface area contributed by atoms with Gasteiger partial charge in [-0.05, 0) is 25.7 Å². The van der Waals surface area contributed by atoms with Crippen molar-refractivity contribution < 1.29 is 9.59 Å². The summed E-state index contributed by atoms with van der Waals surface area (Å²) in [6.07, 6.45) is 5.84. The van der Waals surface area contributed by atoms with Gasteiger partial charge in [0.15, 0.2) is 0 Å². The summed E-state index contributed by atoms with van der Waals surface area (Å²) in [7, 11) is 1.65. The van der Waals surface area contributed by atoms with Gasteiger partial charge in [0.2, 0.25) is 11.8 Å². The van der Waals surface area contributed by atoms with Gasteiger partial charge in [0.05, 0.1) is 6.07 Å². The second-order valence-corrected chi connectivity index (χ2v) is 5.94. The minimum Gasteiger partial charge on any atom is -0.359 e. The van der Waals surface area contributed by atoms with Crippen LogP contribution in [0.15, 0.2) is 0 Å². The second-order valence-electron chi connectivity index (χ2n) is 5.94. The molecule has 5 heteroatoms. The number of hydrogen-bond acceptors (Lipinski definition) is 3. The predicted octanol–water partition coefficient (Wildman–Crippen LogP) is 1.45. The summed E-state index contributed by atoms with van der Waals surface area (Å²) in [5.41, 5.74) is -0.794. The topological polar surface area (TPSA) is 73.2 Å². The van der Waals surface area contributed by atoms with Crippen molar-refractivity contribution in [2.45, 2.75) is 44.9 Å². The van der Waals surface area contributed by atoms with Crippen molar-refractivity contribution in [3.05, 3.63) is 0 Å². The number of piperidine rings is 1. The molecule has 5 nitrogen and oxygen atoms in total. The quantitative estimate of drug-likeness (QED) is 0.830. The largest absolute Gasteiger partial charge is 0.359 e. The van der Waals surface area contributed by atoms with Gasteiger partial charge < -0.3 is 10.2 Å². The molecular weight excluding hydrogens is 254 g/mol. The van der Waals surface area contributed by atoms with Crippen molar-refractivity contribution in [2.24, 2.45) is 11.3 Å². The van der Waals surface area contributed by atoms with E-state index in [2.05, 4.69) is 11.4 Å². The fourth-order valence-corrected chi connectivity index (χ4v) is 3.38. The molecule has 2 fully saturated rings.